The Labute approximate surface area is 65.1 Å². The van der Waals surface area contributed by atoms with Crippen LogP contribution in [0.2, 0.25) is 0 Å². The van der Waals surface area contributed by atoms with Gasteiger partial charge in [-0.15, -0.1) is 0 Å². The van der Waals surface area contributed by atoms with Gasteiger partial charge in [-0.05, 0) is 6.92 Å². The van der Waals surface area contributed by atoms with Gasteiger partial charge >= 0.3 is 5.97 Å². The topological polar surface area (TPSA) is 101 Å². The van der Waals surface area contributed by atoms with Gasteiger partial charge in [0.05, 0.1) is 5.92 Å². The normalized spacial score (nSPS) is 18.8. The second kappa shape index (κ2) is 4.49. The minimum absolute atomic E-state index is 0.238. The quantitative estimate of drug-likeness (QED) is 0.507. The Morgan fingerprint density at radius 2 is 2.18 bits per heavy atom. The van der Waals surface area contributed by atoms with E-state index in [1.165, 1.54) is 6.92 Å². The average Bonchev–Trinajstić information content (AvgIpc) is 1.81. The molecular weight excluding hydrogens is 169 g/mol. The molecule has 66 valence electrons. The smallest absolute Gasteiger partial charge is 0.308 e. The molecule has 3 atom stereocenters. The van der Waals surface area contributed by atoms with Gasteiger partial charge in [0, 0.05) is 12.2 Å². The van der Waals surface area contributed by atoms with Crippen molar-refractivity contribution in [3.8, 4) is 0 Å². The molecule has 0 aromatic heterocycles. The number of rotatable bonds is 4. The molecule has 6 heteroatoms. The van der Waals surface area contributed by atoms with Crippen LogP contribution in [0.25, 0.3) is 0 Å². The molecule has 0 aliphatic rings. The largest absolute Gasteiger partial charge is 0.481 e. The van der Waals surface area contributed by atoms with Crippen LogP contribution in [0.3, 0.4) is 0 Å². The van der Waals surface area contributed by atoms with Gasteiger partial charge in [0.2, 0.25) is 0 Å². The van der Waals surface area contributed by atoms with Crippen LogP contribution in [0, 0.1) is 5.92 Å². The molecule has 0 amide bonds. The summed E-state index contributed by atoms with van der Waals surface area (Å²) in [6, 6.07) is -0.589. The maximum Gasteiger partial charge on any atom is 0.308 e. The molecule has 0 saturated heterocycles. The van der Waals surface area contributed by atoms with Gasteiger partial charge in [-0.3, -0.25) is 9.36 Å². The van der Waals surface area contributed by atoms with Gasteiger partial charge in [0.15, 0.2) is 8.03 Å². The van der Waals surface area contributed by atoms with E-state index in [4.69, 9.17) is 15.7 Å². The van der Waals surface area contributed by atoms with Crippen LogP contribution >= 0.6 is 8.03 Å². The summed E-state index contributed by atoms with van der Waals surface area (Å²) in [6.07, 6.45) is -0.238. The number of aliphatic carboxylic acids is 1. The third-order valence-corrected chi connectivity index (χ3v) is 2.14. The Balaban J connectivity index is 4.12. The van der Waals surface area contributed by atoms with Crippen LogP contribution in [0.15, 0.2) is 0 Å². The van der Waals surface area contributed by atoms with Crippen molar-refractivity contribution in [2.75, 3.05) is 6.16 Å². The first-order valence-corrected chi connectivity index (χ1v) is 4.71. The number of hydrogen-bond donors (Lipinski definition) is 3. The van der Waals surface area contributed by atoms with E-state index >= 15 is 0 Å². The summed E-state index contributed by atoms with van der Waals surface area (Å²) in [4.78, 5) is 18.8. The Kier molecular flexibility index (Phi) is 4.33. The van der Waals surface area contributed by atoms with E-state index in [9.17, 15) is 9.36 Å². The van der Waals surface area contributed by atoms with Crippen molar-refractivity contribution in [2.45, 2.75) is 13.0 Å². The molecule has 0 radical (unpaired) electrons. The van der Waals surface area contributed by atoms with Crippen LogP contribution < -0.4 is 5.73 Å². The fourth-order valence-corrected chi connectivity index (χ4v) is 1.61. The number of carboxylic acid groups (broad SMARTS) is 1. The predicted molar refractivity (Wildman–Crippen MR) is 40.9 cm³/mol. The fraction of sp³-hybridized carbons (Fsp3) is 0.800. The molecule has 0 saturated carbocycles. The van der Waals surface area contributed by atoms with E-state index in [1.54, 1.807) is 0 Å². The van der Waals surface area contributed by atoms with Gasteiger partial charge in [-0.1, -0.05) is 0 Å². The molecule has 0 rings (SSSR count). The van der Waals surface area contributed by atoms with Crippen molar-refractivity contribution < 1.29 is 19.4 Å². The second-order valence-electron chi connectivity index (χ2n) is 2.40. The van der Waals surface area contributed by atoms with E-state index in [1.807, 2.05) is 0 Å². The fourth-order valence-electron chi connectivity index (χ4n) is 0.686. The van der Waals surface area contributed by atoms with Crippen molar-refractivity contribution >= 4 is 14.0 Å². The number of hydrogen-bond acceptors (Lipinski definition) is 3. The van der Waals surface area contributed by atoms with Crippen LogP contribution in [0.4, 0.5) is 0 Å². The summed E-state index contributed by atoms with van der Waals surface area (Å²) in [5, 5.41) is 8.48. The van der Waals surface area contributed by atoms with E-state index in [-0.39, 0.29) is 6.16 Å². The average molecular weight is 181 g/mol. The molecule has 0 aliphatic carbocycles. The van der Waals surface area contributed by atoms with Crippen molar-refractivity contribution in [3.05, 3.63) is 0 Å². The minimum atomic E-state index is -2.73. The van der Waals surface area contributed by atoms with E-state index in [0.29, 0.717) is 0 Å². The lowest BCUT2D eigenvalue weighted by molar-refractivity contribution is -0.141. The SMILES string of the molecule is CC(N)C(C[PH](=O)O)C(=O)O. The first-order valence-electron chi connectivity index (χ1n) is 3.15. The zero-order valence-corrected chi connectivity index (χ0v) is 7.15. The Morgan fingerprint density at radius 1 is 1.73 bits per heavy atom. The van der Waals surface area contributed by atoms with Crippen LogP contribution in [-0.4, -0.2) is 28.2 Å². The number of carboxylic acids is 1. The molecule has 5 nitrogen and oxygen atoms in total. The van der Waals surface area contributed by atoms with Crippen LogP contribution in [-0.2, 0) is 9.36 Å². The highest BCUT2D eigenvalue weighted by Crippen LogP contribution is 2.19. The summed E-state index contributed by atoms with van der Waals surface area (Å²) < 4.78 is 10.3. The zero-order valence-electron chi connectivity index (χ0n) is 6.15. The van der Waals surface area contributed by atoms with Crippen molar-refractivity contribution in [1.82, 2.24) is 0 Å². The molecule has 0 spiro atoms. The molecule has 0 heterocycles. The van der Waals surface area contributed by atoms with E-state index in [2.05, 4.69) is 0 Å². The number of nitrogens with two attached hydrogens (primary N) is 1. The summed E-state index contributed by atoms with van der Waals surface area (Å²) in [6.45, 7) is 1.50. The van der Waals surface area contributed by atoms with Gasteiger partial charge in [-0.25, -0.2) is 0 Å². The van der Waals surface area contributed by atoms with Gasteiger partial charge < -0.3 is 15.7 Å². The Morgan fingerprint density at radius 3 is 2.27 bits per heavy atom. The minimum Gasteiger partial charge on any atom is -0.481 e. The lowest BCUT2D eigenvalue weighted by Crippen LogP contribution is -2.34. The van der Waals surface area contributed by atoms with Gasteiger partial charge in [0.1, 0.15) is 0 Å². The Bertz CT molecular complexity index is 170. The third-order valence-electron chi connectivity index (χ3n) is 1.35. The van der Waals surface area contributed by atoms with Gasteiger partial charge in [0.25, 0.3) is 0 Å². The van der Waals surface area contributed by atoms with E-state index < -0.39 is 26.0 Å². The molecule has 0 aliphatic heterocycles. The summed E-state index contributed by atoms with van der Waals surface area (Å²) in [5.41, 5.74) is 5.27. The first kappa shape index (κ1) is 10.6. The van der Waals surface area contributed by atoms with E-state index in [0.717, 1.165) is 0 Å². The second-order valence-corrected chi connectivity index (χ2v) is 3.60. The maximum atomic E-state index is 10.4. The maximum absolute atomic E-state index is 10.4. The van der Waals surface area contributed by atoms with Crippen molar-refractivity contribution in [3.63, 3.8) is 0 Å². The van der Waals surface area contributed by atoms with Crippen LogP contribution in [0.1, 0.15) is 6.92 Å². The molecule has 11 heavy (non-hydrogen) atoms. The van der Waals surface area contributed by atoms with Crippen molar-refractivity contribution in [1.29, 1.82) is 0 Å². The summed E-state index contributed by atoms with van der Waals surface area (Å²) in [7, 11) is -2.73. The van der Waals surface area contributed by atoms with Crippen LogP contribution in [0.5, 0.6) is 0 Å². The molecule has 4 N–H and O–H groups in total. The molecule has 0 aromatic carbocycles. The standard InChI is InChI=1S/C5H12NO4P/c1-3(6)4(5(7)8)2-11(9)10/h3-4,11H,2,6H2,1H3,(H,7,8)(H,9,10). The molecule has 3 unspecified atom stereocenters. The molecule has 0 bridgehead atoms. The monoisotopic (exact) mass is 181 g/mol. The first-order chi connectivity index (χ1) is 4.95. The lowest BCUT2D eigenvalue weighted by Gasteiger charge is -2.13. The predicted octanol–water partition coefficient (Wildman–Crippen LogP) is -0.499. The highest BCUT2D eigenvalue weighted by molar-refractivity contribution is 7.38. The molecular formula is C5H12NO4P. The number of carbonyl (C=O) groups is 1. The molecule has 0 aromatic rings. The highest BCUT2D eigenvalue weighted by atomic mass is 31.1. The highest BCUT2D eigenvalue weighted by Gasteiger charge is 2.23. The summed E-state index contributed by atoms with van der Waals surface area (Å²) >= 11 is 0. The lowest BCUT2D eigenvalue weighted by atomic mass is 10.1. The van der Waals surface area contributed by atoms with Gasteiger partial charge in [-0.2, -0.15) is 0 Å². The Hall–Kier alpha value is -0.380. The van der Waals surface area contributed by atoms with Crippen molar-refractivity contribution in [2.24, 2.45) is 11.7 Å². The zero-order chi connectivity index (χ0) is 9.02. The summed E-state index contributed by atoms with van der Waals surface area (Å²) in [5.74, 6) is -2.03. The molecule has 0 fully saturated rings. The third kappa shape index (κ3) is 4.14.